The van der Waals surface area contributed by atoms with Gasteiger partial charge >= 0.3 is 0 Å². The van der Waals surface area contributed by atoms with Gasteiger partial charge in [-0.3, -0.25) is 4.79 Å². The molecule has 4 saturated carbocycles. The molecule has 0 saturated heterocycles. The Labute approximate surface area is 188 Å². The number of carbonyl (C=O) groups excluding carboxylic acids is 1. The normalized spacial score (nSPS) is 46.9. The number of aliphatic hydroxyl groups is 1. The molecule has 0 aromatic heterocycles. The van der Waals surface area contributed by atoms with Gasteiger partial charge in [-0.2, -0.15) is 0 Å². The Hall–Kier alpha value is -1.41. The van der Waals surface area contributed by atoms with E-state index in [1.165, 1.54) is 37.7 Å². The summed E-state index contributed by atoms with van der Waals surface area (Å²) in [6, 6.07) is 10.4. The smallest absolute Gasteiger partial charge is 0.133 e. The van der Waals surface area contributed by atoms with Gasteiger partial charge in [-0.15, -0.1) is 0 Å². The minimum absolute atomic E-state index is 0.240. The lowest BCUT2D eigenvalue weighted by Crippen LogP contribution is -2.55. The summed E-state index contributed by atoms with van der Waals surface area (Å²) in [5.74, 6) is 3.63. The highest BCUT2D eigenvalue weighted by atomic mass is 16.3. The Morgan fingerprint density at radius 1 is 0.935 bits per heavy atom. The van der Waals surface area contributed by atoms with E-state index in [0.717, 1.165) is 43.4 Å². The van der Waals surface area contributed by atoms with E-state index in [2.05, 4.69) is 50.3 Å². The summed E-state index contributed by atoms with van der Waals surface area (Å²) in [5, 5.41) is 11.4. The molecule has 4 aliphatic rings. The van der Waals surface area contributed by atoms with Crippen molar-refractivity contribution in [3.05, 3.63) is 42.0 Å². The second kappa shape index (κ2) is 7.58. The van der Waals surface area contributed by atoms with Crippen LogP contribution in [0.15, 0.2) is 36.4 Å². The van der Waals surface area contributed by atoms with E-state index in [4.69, 9.17) is 0 Å². The van der Waals surface area contributed by atoms with Crippen molar-refractivity contribution in [1.29, 1.82) is 0 Å². The molecule has 0 aliphatic heterocycles. The first-order valence-electron chi connectivity index (χ1n) is 12.7. The minimum atomic E-state index is -0.664. The molecule has 4 aliphatic carbocycles. The van der Waals surface area contributed by atoms with Crippen LogP contribution in [0.4, 0.5) is 0 Å². The highest BCUT2D eigenvalue weighted by Crippen LogP contribution is 2.68. The summed E-state index contributed by atoms with van der Waals surface area (Å²) < 4.78 is 0. The third kappa shape index (κ3) is 3.45. The van der Waals surface area contributed by atoms with Crippen LogP contribution in [0.3, 0.4) is 0 Å². The van der Waals surface area contributed by atoms with Gasteiger partial charge < -0.3 is 5.11 Å². The molecular formula is C29H40O2. The maximum absolute atomic E-state index is 12.4. The molecule has 168 valence electrons. The van der Waals surface area contributed by atoms with Crippen LogP contribution in [-0.2, 0) is 4.79 Å². The van der Waals surface area contributed by atoms with Gasteiger partial charge in [0, 0.05) is 5.92 Å². The predicted octanol–water partition coefficient (Wildman–Crippen LogP) is 6.68. The van der Waals surface area contributed by atoms with E-state index >= 15 is 0 Å². The summed E-state index contributed by atoms with van der Waals surface area (Å²) in [6.07, 6.45) is 14.5. The van der Waals surface area contributed by atoms with Crippen molar-refractivity contribution in [3.8, 4) is 0 Å². The molecule has 0 heterocycles. The van der Waals surface area contributed by atoms with E-state index in [1.807, 2.05) is 13.0 Å². The third-order valence-electron chi connectivity index (χ3n) is 10.6. The third-order valence-corrected chi connectivity index (χ3v) is 10.6. The molecule has 0 bridgehead atoms. The lowest BCUT2D eigenvalue weighted by molar-refractivity contribution is -0.145. The predicted molar refractivity (Wildman–Crippen MR) is 126 cm³/mol. The number of Topliss-reactive ketones (excluding diaryl/α,β-unsaturated/α-hetero) is 1. The van der Waals surface area contributed by atoms with Crippen molar-refractivity contribution in [3.63, 3.8) is 0 Å². The molecule has 1 aromatic carbocycles. The second-order valence-electron chi connectivity index (χ2n) is 12.0. The van der Waals surface area contributed by atoms with Crippen molar-refractivity contribution in [2.75, 3.05) is 0 Å². The zero-order valence-corrected chi connectivity index (χ0v) is 19.6. The fraction of sp³-hybridized carbons (Fsp3) is 0.690. The van der Waals surface area contributed by atoms with Crippen molar-refractivity contribution in [1.82, 2.24) is 0 Å². The first kappa shape index (κ1) is 21.4. The van der Waals surface area contributed by atoms with E-state index < -0.39 is 5.60 Å². The van der Waals surface area contributed by atoms with Gasteiger partial charge in [-0.05, 0) is 105 Å². The topological polar surface area (TPSA) is 37.3 Å². The number of benzene rings is 1. The number of hydrogen-bond acceptors (Lipinski definition) is 2. The van der Waals surface area contributed by atoms with Crippen LogP contribution in [0.5, 0.6) is 0 Å². The standard InChI is InChI=1S/C29H40O2/c1-20(30)24-11-12-25-23-10-9-22-19-29(31,16-13-21-7-5-4-6-8-21)18-17-27(22,2)26(23)14-15-28(24,25)3/h4-8,13,16,22-26,31H,9-12,14-15,17-19H2,1-3H3/b16-13+/t22-,23-,24+,25-,26-,27-,28+,29+/m0/s1. The van der Waals surface area contributed by atoms with Gasteiger partial charge in [0.1, 0.15) is 5.78 Å². The molecular weight excluding hydrogens is 380 g/mol. The maximum Gasteiger partial charge on any atom is 0.133 e. The van der Waals surface area contributed by atoms with Gasteiger partial charge in [0.2, 0.25) is 0 Å². The van der Waals surface area contributed by atoms with Crippen molar-refractivity contribution in [2.45, 2.75) is 84.2 Å². The molecule has 1 aromatic rings. The zero-order chi connectivity index (χ0) is 21.9. The highest BCUT2D eigenvalue weighted by Gasteiger charge is 2.61. The number of rotatable bonds is 3. The van der Waals surface area contributed by atoms with Crippen LogP contribution >= 0.6 is 0 Å². The van der Waals surface area contributed by atoms with Crippen LogP contribution in [0.1, 0.15) is 84.1 Å². The molecule has 5 rings (SSSR count). The molecule has 0 amide bonds. The summed E-state index contributed by atoms with van der Waals surface area (Å²) in [7, 11) is 0. The minimum Gasteiger partial charge on any atom is -0.386 e. The molecule has 2 nitrogen and oxygen atoms in total. The van der Waals surface area contributed by atoms with Gasteiger partial charge in [-0.25, -0.2) is 0 Å². The summed E-state index contributed by atoms with van der Waals surface area (Å²) in [5.41, 5.74) is 1.10. The van der Waals surface area contributed by atoms with Crippen LogP contribution in [0, 0.1) is 40.4 Å². The fourth-order valence-electron chi connectivity index (χ4n) is 8.91. The first-order valence-corrected chi connectivity index (χ1v) is 12.7. The van der Waals surface area contributed by atoms with Crippen molar-refractivity contribution >= 4 is 11.9 Å². The summed E-state index contributed by atoms with van der Waals surface area (Å²) in [6.45, 7) is 6.82. The number of ketones is 1. The Morgan fingerprint density at radius 3 is 2.42 bits per heavy atom. The number of hydrogen-bond donors (Lipinski definition) is 1. The summed E-state index contributed by atoms with van der Waals surface area (Å²) >= 11 is 0. The van der Waals surface area contributed by atoms with Crippen LogP contribution < -0.4 is 0 Å². The van der Waals surface area contributed by atoms with Crippen LogP contribution in [0.2, 0.25) is 0 Å². The van der Waals surface area contributed by atoms with E-state index in [1.54, 1.807) is 0 Å². The van der Waals surface area contributed by atoms with Crippen LogP contribution in [0.25, 0.3) is 6.08 Å². The average molecular weight is 421 g/mol. The van der Waals surface area contributed by atoms with Gasteiger partial charge in [0.25, 0.3) is 0 Å². The van der Waals surface area contributed by atoms with E-state index in [9.17, 15) is 9.90 Å². The largest absolute Gasteiger partial charge is 0.386 e. The first-order chi connectivity index (χ1) is 14.8. The molecule has 2 heteroatoms. The Kier molecular flexibility index (Phi) is 5.24. The van der Waals surface area contributed by atoms with E-state index in [0.29, 0.717) is 23.0 Å². The monoisotopic (exact) mass is 420 g/mol. The molecule has 0 unspecified atom stereocenters. The number of fused-ring (bicyclic) bond motifs is 5. The number of carbonyl (C=O) groups is 1. The molecule has 0 spiro atoms. The van der Waals surface area contributed by atoms with Crippen molar-refractivity contribution < 1.29 is 9.90 Å². The van der Waals surface area contributed by atoms with E-state index in [-0.39, 0.29) is 5.41 Å². The lowest BCUT2D eigenvalue weighted by Gasteiger charge is -2.61. The van der Waals surface area contributed by atoms with Gasteiger partial charge in [0.05, 0.1) is 5.60 Å². The van der Waals surface area contributed by atoms with Crippen molar-refractivity contribution in [2.24, 2.45) is 40.4 Å². The quantitative estimate of drug-likeness (QED) is 0.592. The molecule has 1 N–H and O–H groups in total. The molecule has 4 fully saturated rings. The van der Waals surface area contributed by atoms with Crippen LogP contribution in [-0.4, -0.2) is 16.5 Å². The van der Waals surface area contributed by atoms with Gasteiger partial charge in [0.15, 0.2) is 0 Å². The second-order valence-corrected chi connectivity index (χ2v) is 12.0. The van der Waals surface area contributed by atoms with Gasteiger partial charge in [-0.1, -0.05) is 56.3 Å². The SMILES string of the molecule is CC(=O)[C@H]1CC[C@H]2[C@@H]3CC[C@H]4C[C@@](O)(/C=C/c5ccccc5)CC[C@]4(C)[C@H]3CC[C@]12C. The fourth-order valence-corrected chi connectivity index (χ4v) is 8.91. The molecule has 0 radical (unpaired) electrons. The molecule has 31 heavy (non-hydrogen) atoms. The summed E-state index contributed by atoms with van der Waals surface area (Å²) in [4.78, 5) is 12.4. The Balaban J connectivity index is 1.34. The Morgan fingerprint density at radius 2 is 1.68 bits per heavy atom. The zero-order valence-electron chi connectivity index (χ0n) is 19.6. The molecule has 8 atom stereocenters. The lowest BCUT2D eigenvalue weighted by atomic mass is 9.44. The maximum atomic E-state index is 12.4. The average Bonchev–Trinajstić information content (AvgIpc) is 3.11. The highest BCUT2D eigenvalue weighted by molar-refractivity contribution is 5.79. The Bertz CT molecular complexity index is 859.